The predicted octanol–water partition coefficient (Wildman–Crippen LogP) is 1.70. The maximum atomic E-state index is 9.06. The van der Waals surface area contributed by atoms with Crippen molar-refractivity contribution >= 4 is 24.8 Å². The molecule has 0 aromatic heterocycles. The monoisotopic (exact) mass is 215 g/mol. The Balaban J connectivity index is 0. The van der Waals surface area contributed by atoms with Crippen molar-refractivity contribution in [3.8, 4) is 0 Å². The molecule has 0 radical (unpaired) electrons. The van der Waals surface area contributed by atoms with Gasteiger partial charge in [-0.25, -0.2) is 0 Å². The summed E-state index contributed by atoms with van der Waals surface area (Å²) in [5, 5.41) is 9.06. The molecule has 12 heavy (non-hydrogen) atoms. The largest absolute Gasteiger partial charge is 0.392 e. The molecule has 1 atom stereocenters. The first-order valence-corrected chi connectivity index (χ1v) is 4.19. The highest BCUT2D eigenvalue weighted by Crippen LogP contribution is 2.08. The van der Waals surface area contributed by atoms with Crippen molar-refractivity contribution in [3.05, 3.63) is 0 Å². The average Bonchev–Trinajstić information content (AvgIpc) is 1.88. The summed E-state index contributed by atoms with van der Waals surface area (Å²) in [6, 6.07) is 0. The topological polar surface area (TPSA) is 23.5 Å². The van der Waals surface area contributed by atoms with E-state index in [0.29, 0.717) is 0 Å². The second-order valence-electron chi connectivity index (χ2n) is 3.21. The van der Waals surface area contributed by atoms with Crippen LogP contribution in [0, 0.1) is 0 Å². The molecule has 1 aliphatic rings. The summed E-state index contributed by atoms with van der Waals surface area (Å²) >= 11 is 0. The van der Waals surface area contributed by atoms with Crippen LogP contribution < -0.4 is 0 Å². The molecule has 76 valence electrons. The van der Waals surface area contributed by atoms with Crippen LogP contribution in [0.25, 0.3) is 0 Å². The van der Waals surface area contributed by atoms with Gasteiger partial charge in [0.25, 0.3) is 0 Å². The lowest BCUT2D eigenvalue weighted by atomic mass is 10.1. The van der Waals surface area contributed by atoms with Crippen LogP contribution in [0.15, 0.2) is 0 Å². The number of hydrogen-bond donors (Lipinski definition) is 1. The number of piperidine rings is 1. The summed E-state index contributed by atoms with van der Waals surface area (Å²) in [7, 11) is 0. The number of nitrogens with zero attached hydrogens (tertiary/aromatic N) is 1. The number of likely N-dealkylation sites (tertiary alicyclic amines) is 1. The van der Waals surface area contributed by atoms with Crippen molar-refractivity contribution in [3.63, 3.8) is 0 Å². The van der Waals surface area contributed by atoms with E-state index in [4.69, 9.17) is 5.11 Å². The summed E-state index contributed by atoms with van der Waals surface area (Å²) in [6.45, 7) is 5.09. The van der Waals surface area contributed by atoms with Gasteiger partial charge in [-0.05, 0) is 32.9 Å². The quantitative estimate of drug-likeness (QED) is 0.759. The first-order valence-electron chi connectivity index (χ1n) is 4.19. The number of β-amino-alcohol motifs (C(OH)–C–C–N with tert-alkyl or cyclic N) is 1. The summed E-state index contributed by atoms with van der Waals surface area (Å²) in [5.74, 6) is 0. The van der Waals surface area contributed by atoms with Crippen molar-refractivity contribution in [2.24, 2.45) is 0 Å². The molecule has 0 spiro atoms. The van der Waals surface area contributed by atoms with E-state index in [1.54, 1.807) is 0 Å². The second kappa shape index (κ2) is 8.11. The van der Waals surface area contributed by atoms with Gasteiger partial charge in [0, 0.05) is 6.54 Å². The van der Waals surface area contributed by atoms with Crippen LogP contribution in [0.1, 0.15) is 26.2 Å². The van der Waals surface area contributed by atoms with Gasteiger partial charge in [0.15, 0.2) is 0 Å². The Labute approximate surface area is 87.1 Å². The van der Waals surface area contributed by atoms with Crippen LogP contribution in [0.4, 0.5) is 0 Å². The minimum atomic E-state index is -0.155. The van der Waals surface area contributed by atoms with Gasteiger partial charge < -0.3 is 10.0 Å². The van der Waals surface area contributed by atoms with Crippen LogP contribution >= 0.6 is 24.8 Å². The second-order valence-corrected chi connectivity index (χ2v) is 3.21. The number of aliphatic hydroxyl groups is 1. The molecular formula is C8H19Cl2NO. The third-order valence-electron chi connectivity index (χ3n) is 1.97. The maximum Gasteiger partial charge on any atom is 0.0639 e. The van der Waals surface area contributed by atoms with E-state index in [2.05, 4.69) is 4.90 Å². The lowest BCUT2D eigenvalue weighted by molar-refractivity contribution is 0.114. The highest BCUT2D eigenvalue weighted by Gasteiger charge is 2.10. The Morgan fingerprint density at radius 2 is 1.67 bits per heavy atom. The summed E-state index contributed by atoms with van der Waals surface area (Å²) in [4.78, 5) is 2.34. The molecule has 1 saturated heterocycles. The highest BCUT2D eigenvalue weighted by atomic mass is 35.5. The molecule has 0 bridgehead atoms. The lowest BCUT2D eigenvalue weighted by Gasteiger charge is -2.27. The fraction of sp³-hybridized carbons (Fsp3) is 1.00. The zero-order valence-corrected chi connectivity index (χ0v) is 9.16. The first kappa shape index (κ1) is 15.0. The number of hydrogen-bond acceptors (Lipinski definition) is 2. The molecule has 1 aliphatic heterocycles. The van der Waals surface area contributed by atoms with E-state index < -0.39 is 0 Å². The number of halogens is 2. The molecule has 1 N–H and O–H groups in total. The van der Waals surface area contributed by atoms with E-state index in [9.17, 15) is 0 Å². The zero-order chi connectivity index (χ0) is 7.40. The molecule has 1 rings (SSSR count). The van der Waals surface area contributed by atoms with Gasteiger partial charge in [-0.1, -0.05) is 6.42 Å². The fourth-order valence-corrected chi connectivity index (χ4v) is 1.52. The fourth-order valence-electron chi connectivity index (χ4n) is 1.52. The summed E-state index contributed by atoms with van der Waals surface area (Å²) < 4.78 is 0. The average molecular weight is 216 g/mol. The van der Waals surface area contributed by atoms with E-state index in [0.717, 1.165) is 6.54 Å². The van der Waals surface area contributed by atoms with E-state index in [-0.39, 0.29) is 30.9 Å². The molecule has 1 unspecified atom stereocenters. The number of aliphatic hydroxyl groups excluding tert-OH is 1. The molecule has 0 saturated carbocycles. The maximum absolute atomic E-state index is 9.06. The smallest absolute Gasteiger partial charge is 0.0639 e. The predicted molar refractivity (Wildman–Crippen MR) is 56.5 cm³/mol. The van der Waals surface area contributed by atoms with Gasteiger partial charge in [-0.3, -0.25) is 0 Å². The van der Waals surface area contributed by atoms with Crippen LogP contribution in [0.3, 0.4) is 0 Å². The minimum Gasteiger partial charge on any atom is -0.392 e. The van der Waals surface area contributed by atoms with Gasteiger partial charge in [-0.15, -0.1) is 24.8 Å². The normalized spacial score (nSPS) is 20.5. The van der Waals surface area contributed by atoms with Crippen LogP contribution in [0.2, 0.25) is 0 Å². The molecule has 0 aromatic carbocycles. The number of rotatable bonds is 2. The van der Waals surface area contributed by atoms with Crippen molar-refractivity contribution < 1.29 is 5.11 Å². The Morgan fingerprint density at radius 3 is 2.08 bits per heavy atom. The van der Waals surface area contributed by atoms with Crippen LogP contribution in [-0.4, -0.2) is 35.7 Å². The Morgan fingerprint density at radius 1 is 1.17 bits per heavy atom. The summed E-state index contributed by atoms with van der Waals surface area (Å²) in [6.07, 6.45) is 3.84. The van der Waals surface area contributed by atoms with Gasteiger partial charge in [0.05, 0.1) is 6.10 Å². The van der Waals surface area contributed by atoms with Gasteiger partial charge in [-0.2, -0.15) is 0 Å². The van der Waals surface area contributed by atoms with Crippen molar-refractivity contribution in [1.82, 2.24) is 4.90 Å². The lowest BCUT2D eigenvalue weighted by Crippen LogP contribution is -2.35. The molecule has 0 amide bonds. The minimum absolute atomic E-state index is 0. The SMILES string of the molecule is CC(O)CN1CCCCC1.Cl.Cl. The molecule has 0 aromatic rings. The Bertz CT molecular complexity index is 95.1. The molecule has 0 aliphatic carbocycles. The van der Waals surface area contributed by atoms with Crippen molar-refractivity contribution in [2.75, 3.05) is 19.6 Å². The van der Waals surface area contributed by atoms with Crippen LogP contribution in [-0.2, 0) is 0 Å². The summed E-state index contributed by atoms with van der Waals surface area (Å²) in [5.41, 5.74) is 0. The van der Waals surface area contributed by atoms with Gasteiger partial charge >= 0.3 is 0 Å². The first-order chi connectivity index (χ1) is 4.79. The molecule has 2 nitrogen and oxygen atoms in total. The van der Waals surface area contributed by atoms with E-state index in [1.165, 1.54) is 32.4 Å². The third-order valence-corrected chi connectivity index (χ3v) is 1.97. The van der Waals surface area contributed by atoms with Crippen LogP contribution in [0.5, 0.6) is 0 Å². The molecule has 1 fully saturated rings. The molecule has 4 heteroatoms. The molecule has 1 heterocycles. The van der Waals surface area contributed by atoms with Crippen molar-refractivity contribution in [2.45, 2.75) is 32.3 Å². The zero-order valence-electron chi connectivity index (χ0n) is 7.53. The van der Waals surface area contributed by atoms with Gasteiger partial charge in [0.2, 0.25) is 0 Å². The Hall–Kier alpha value is 0.500. The van der Waals surface area contributed by atoms with E-state index >= 15 is 0 Å². The van der Waals surface area contributed by atoms with E-state index in [1.807, 2.05) is 6.92 Å². The highest BCUT2D eigenvalue weighted by molar-refractivity contribution is 5.85. The molecular weight excluding hydrogens is 197 g/mol. The standard InChI is InChI=1S/C8H17NO.2ClH/c1-8(10)7-9-5-3-2-4-6-9;;/h8,10H,2-7H2,1H3;2*1H. The van der Waals surface area contributed by atoms with Gasteiger partial charge in [0.1, 0.15) is 0 Å². The Kier molecular flexibility index (Phi) is 10.1. The third kappa shape index (κ3) is 6.06. The van der Waals surface area contributed by atoms with Crippen molar-refractivity contribution in [1.29, 1.82) is 0 Å².